The first kappa shape index (κ1) is 15.2. The van der Waals surface area contributed by atoms with E-state index in [0.717, 1.165) is 5.56 Å². The molecule has 0 bridgehead atoms. The molecular formula is C18H15FN4O2. The number of fused-ring (bicyclic) bond motifs is 1. The Bertz CT molecular complexity index is 1050. The van der Waals surface area contributed by atoms with Crippen molar-refractivity contribution in [2.45, 2.75) is 6.92 Å². The summed E-state index contributed by atoms with van der Waals surface area (Å²) in [5.41, 5.74) is 2.84. The summed E-state index contributed by atoms with van der Waals surface area (Å²) in [6, 6.07) is 9.01. The molecule has 0 fully saturated rings. The van der Waals surface area contributed by atoms with Gasteiger partial charge in [-0.1, -0.05) is 0 Å². The van der Waals surface area contributed by atoms with E-state index in [1.165, 1.54) is 18.2 Å². The minimum Gasteiger partial charge on any atom is -0.509 e. The molecule has 2 aromatic carbocycles. The summed E-state index contributed by atoms with van der Waals surface area (Å²) in [6.45, 7) is 1.95. The molecule has 25 heavy (non-hydrogen) atoms. The Morgan fingerprint density at radius 2 is 2.00 bits per heavy atom. The molecule has 0 amide bonds. The van der Waals surface area contributed by atoms with Crippen LogP contribution < -0.4 is 4.90 Å². The standard InChI is InChI=1S/C18H15FN4O2/c1-9-6-11(24)3-5-14(9)23-8-15(25)16(17(23)20)18-21-12-4-2-10(19)7-13(12)22-18/h2-7,20,24-25H,8H2,1H3,(H,21,22). The number of aromatic hydroxyl groups is 1. The van der Waals surface area contributed by atoms with Gasteiger partial charge in [0.1, 0.15) is 29.0 Å². The number of H-pyrrole nitrogens is 1. The molecule has 1 aliphatic rings. The number of phenolic OH excluding ortho intramolecular Hbond substituents is 1. The van der Waals surface area contributed by atoms with Gasteiger partial charge in [-0.05, 0) is 48.9 Å². The fourth-order valence-corrected chi connectivity index (χ4v) is 3.08. The smallest absolute Gasteiger partial charge is 0.145 e. The molecule has 1 aromatic heterocycles. The number of halogens is 1. The van der Waals surface area contributed by atoms with E-state index in [4.69, 9.17) is 5.41 Å². The van der Waals surface area contributed by atoms with Crippen LogP contribution in [0.3, 0.4) is 0 Å². The lowest BCUT2D eigenvalue weighted by Gasteiger charge is -2.20. The number of aromatic amines is 1. The summed E-state index contributed by atoms with van der Waals surface area (Å²) in [4.78, 5) is 8.94. The Kier molecular flexibility index (Phi) is 3.24. The Labute approximate surface area is 142 Å². The van der Waals surface area contributed by atoms with Crippen molar-refractivity contribution in [2.75, 3.05) is 11.4 Å². The molecule has 0 saturated heterocycles. The highest BCUT2D eigenvalue weighted by atomic mass is 19.1. The topological polar surface area (TPSA) is 96.2 Å². The summed E-state index contributed by atoms with van der Waals surface area (Å²) in [6.07, 6.45) is 0. The number of hydrogen-bond donors (Lipinski definition) is 4. The molecule has 2 heterocycles. The number of aliphatic hydroxyl groups is 1. The number of phenols is 1. The first-order valence-electron chi connectivity index (χ1n) is 7.68. The Balaban J connectivity index is 1.75. The van der Waals surface area contributed by atoms with Gasteiger partial charge in [0.2, 0.25) is 0 Å². The van der Waals surface area contributed by atoms with E-state index in [1.807, 2.05) is 6.92 Å². The average Bonchev–Trinajstić information content (AvgIpc) is 3.07. The fourth-order valence-electron chi connectivity index (χ4n) is 3.08. The van der Waals surface area contributed by atoms with Gasteiger partial charge in [-0.2, -0.15) is 0 Å². The molecule has 0 atom stereocenters. The lowest BCUT2D eigenvalue weighted by atomic mass is 10.1. The van der Waals surface area contributed by atoms with E-state index < -0.39 is 0 Å². The fraction of sp³-hybridized carbons (Fsp3) is 0.111. The number of aliphatic hydroxyl groups excluding tert-OH is 1. The van der Waals surface area contributed by atoms with Gasteiger partial charge < -0.3 is 20.1 Å². The second-order valence-electron chi connectivity index (χ2n) is 5.97. The number of nitrogens with one attached hydrogen (secondary N) is 2. The molecule has 4 N–H and O–H groups in total. The van der Waals surface area contributed by atoms with Crippen LogP contribution in [0.4, 0.5) is 10.1 Å². The minimum absolute atomic E-state index is 0.0111. The highest BCUT2D eigenvalue weighted by Gasteiger charge is 2.32. The molecule has 0 spiro atoms. The van der Waals surface area contributed by atoms with Crippen molar-refractivity contribution >= 4 is 28.1 Å². The summed E-state index contributed by atoms with van der Waals surface area (Å²) >= 11 is 0. The van der Waals surface area contributed by atoms with Crippen LogP contribution in [0.25, 0.3) is 16.6 Å². The number of benzene rings is 2. The maximum Gasteiger partial charge on any atom is 0.145 e. The molecule has 3 aromatic rings. The second-order valence-corrected chi connectivity index (χ2v) is 5.97. The lowest BCUT2D eigenvalue weighted by Crippen LogP contribution is -2.26. The van der Waals surface area contributed by atoms with E-state index in [9.17, 15) is 14.6 Å². The van der Waals surface area contributed by atoms with Crippen LogP contribution >= 0.6 is 0 Å². The van der Waals surface area contributed by atoms with Gasteiger partial charge >= 0.3 is 0 Å². The molecule has 0 radical (unpaired) electrons. The van der Waals surface area contributed by atoms with Gasteiger partial charge in [0.25, 0.3) is 0 Å². The number of nitrogens with zero attached hydrogens (tertiary/aromatic N) is 2. The third kappa shape index (κ3) is 2.40. The van der Waals surface area contributed by atoms with Crippen molar-refractivity contribution in [1.29, 1.82) is 5.41 Å². The summed E-state index contributed by atoms with van der Waals surface area (Å²) in [5, 5.41) is 28.4. The Hall–Kier alpha value is -3.35. The van der Waals surface area contributed by atoms with Crippen molar-refractivity contribution < 1.29 is 14.6 Å². The number of aryl methyl sites for hydroxylation is 1. The molecule has 0 aliphatic carbocycles. The van der Waals surface area contributed by atoms with Crippen LogP contribution in [0.2, 0.25) is 0 Å². The van der Waals surface area contributed by atoms with Crippen LogP contribution in [0.15, 0.2) is 42.2 Å². The molecular weight excluding hydrogens is 323 g/mol. The lowest BCUT2D eigenvalue weighted by molar-refractivity contribution is 0.411. The molecule has 0 saturated carbocycles. The first-order chi connectivity index (χ1) is 11.9. The van der Waals surface area contributed by atoms with Crippen molar-refractivity contribution in [3.8, 4) is 5.75 Å². The predicted molar refractivity (Wildman–Crippen MR) is 93.5 cm³/mol. The van der Waals surface area contributed by atoms with E-state index in [0.29, 0.717) is 22.5 Å². The van der Waals surface area contributed by atoms with Crippen molar-refractivity contribution in [3.05, 3.63) is 59.4 Å². The third-order valence-corrected chi connectivity index (χ3v) is 4.26. The Morgan fingerprint density at radius 1 is 1.20 bits per heavy atom. The molecule has 0 unspecified atom stereocenters. The highest BCUT2D eigenvalue weighted by molar-refractivity contribution is 6.30. The quantitative estimate of drug-likeness (QED) is 0.575. The first-order valence-corrected chi connectivity index (χ1v) is 7.68. The summed E-state index contributed by atoms with van der Waals surface area (Å²) < 4.78 is 13.4. The minimum atomic E-state index is -0.385. The molecule has 6 nitrogen and oxygen atoms in total. The van der Waals surface area contributed by atoms with Gasteiger partial charge in [-0.15, -0.1) is 0 Å². The zero-order chi connectivity index (χ0) is 17.7. The van der Waals surface area contributed by atoms with Crippen LogP contribution in [0.1, 0.15) is 11.4 Å². The number of amidine groups is 1. The van der Waals surface area contributed by atoms with Crippen molar-refractivity contribution in [1.82, 2.24) is 9.97 Å². The summed E-state index contributed by atoms with van der Waals surface area (Å²) in [7, 11) is 0. The predicted octanol–water partition coefficient (Wildman–Crippen LogP) is 3.48. The molecule has 4 rings (SSSR count). The largest absolute Gasteiger partial charge is 0.509 e. The monoisotopic (exact) mass is 338 g/mol. The van der Waals surface area contributed by atoms with E-state index >= 15 is 0 Å². The highest BCUT2D eigenvalue weighted by Crippen LogP contribution is 2.33. The number of imidazole rings is 1. The van der Waals surface area contributed by atoms with E-state index in [1.54, 1.807) is 23.1 Å². The zero-order valence-electron chi connectivity index (χ0n) is 13.3. The average molecular weight is 338 g/mol. The van der Waals surface area contributed by atoms with Gasteiger partial charge in [0, 0.05) is 5.69 Å². The van der Waals surface area contributed by atoms with Crippen LogP contribution in [0.5, 0.6) is 5.75 Å². The normalized spacial score (nSPS) is 14.8. The van der Waals surface area contributed by atoms with Crippen molar-refractivity contribution in [2.24, 2.45) is 0 Å². The van der Waals surface area contributed by atoms with Crippen LogP contribution in [0, 0.1) is 18.2 Å². The number of aromatic nitrogens is 2. The number of hydrogen-bond acceptors (Lipinski definition) is 4. The van der Waals surface area contributed by atoms with Crippen molar-refractivity contribution in [3.63, 3.8) is 0 Å². The maximum absolute atomic E-state index is 13.4. The van der Waals surface area contributed by atoms with Crippen LogP contribution in [-0.4, -0.2) is 32.6 Å². The zero-order valence-corrected chi connectivity index (χ0v) is 13.3. The molecule has 126 valence electrons. The maximum atomic E-state index is 13.4. The van der Waals surface area contributed by atoms with Gasteiger partial charge in [0.05, 0.1) is 23.2 Å². The summed E-state index contributed by atoms with van der Waals surface area (Å²) in [5.74, 6) is 0.178. The van der Waals surface area contributed by atoms with E-state index in [2.05, 4.69) is 9.97 Å². The second kappa shape index (κ2) is 5.34. The van der Waals surface area contributed by atoms with Gasteiger partial charge in [-0.3, -0.25) is 5.41 Å². The SMILES string of the molecule is Cc1cc(O)ccc1N1CC(O)=C(c2nc3ccc(F)cc3[nH]2)C1=N. The van der Waals surface area contributed by atoms with E-state index in [-0.39, 0.29) is 35.3 Å². The van der Waals surface area contributed by atoms with Gasteiger partial charge in [-0.25, -0.2) is 9.37 Å². The third-order valence-electron chi connectivity index (χ3n) is 4.26. The van der Waals surface area contributed by atoms with Crippen LogP contribution in [-0.2, 0) is 0 Å². The Morgan fingerprint density at radius 3 is 2.76 bits per heavy atom. The molecule has 7 heteroatoms. The number of anilines is 1. The number of rotatable bonds is 2. The van der Waals surface area contributed by atoms with Gasteiger partial charge in [0.15, 0.2) is 0 Å². The molecule has 1 aliphatic heterocycles.